The Balaban J connectivity index is 2.18. The fourth-order valence-electron chi connectivity index (χ4n) is 1.85. The molecule has 1 atom stereocenters. The number of hydrogen-bond acceptors (Lipinski definition) is 5. The average molecular weight is 240 g/mol. The van der Waals surface area contributed by atoms with Crippen LogP contribution in [0.5, 0.6) is 0 Å². The molecule has 0 aromatic carbocycles. The molecule has 0 saturated carbocycles. The van der Waals surface area contributed by atoms with Crippen molar-refractivity contribution in [2.24, 2.45) is 10.9 Å². The van der Waals surface area contributed by atoms with Crippen LogP contribution >= 0.6 is 11.3 Å². The van der Waals surface area contributed by atoms with Crippen molar-refractivity contribution in [2.75, 3.05) is 6.54 Å². The second kappa shape index (κ2) is 4.48. The van der Waals surface area contributed by atoms with Gasteiger partial charge in [-0.25, -0.2) is 0 Å². The van der Waals surface area contributed by atoms with E-state index < -0.39 is 0 Å². The monoisotopic (exact) mass is 240 g/mol. The second-order valence-electron chi connectivity index (χ2n) is 3.55. The molecule has 7 heteroatoms. The van der Waals surface area contributed by atoms with Gasteiger partial charge in [0.25, 0.3) is 5.91 Å². The van der Waals surface area contributed by atoms with E-state index in [9.17, 15) is 4.79 Å². The van der Waals surface area contributed by atoms with Gasteiger partial charge in [-0.15, -0.1) is 11.3 Å². The summed E-state index contributed by atoms with van der Waals surface area (Å²) in [5.41, 5.74) is 7.17. The predicted molar refractivity (Wildman–Crippen MR) is 59.6 cm³/mol. The van der Waals surface area contributed by atoms with Crippen LogP contribution in [0.25, 0.3) is 0 Å². The Labute approximate surface area is 96.4 Å². The molecule has 0 aliphatic carbocycles. The van der Waals surface area contributed by atoms with Crippen LogP contribution in [0.2, 0.25) is 0 Å². The van der Waals surface area contributed by atoms with Gasteiger partial charge in [0.05, 0.1) is 17.7 Å². The number of oxime groups is 1. The minimum atomic E-state index is -0.292. The molecule has 3 N–H and O–H groups in total. The van der Waals surface area contributed by atoms with E-state index in [0.717, 1.165) is 12.8 Å². The van der Waals surface area contributed by atoms with Gasteiger partial charge in [-0.05, 0) is 12.8 Å². The normalized spacial score (nSPS) is 21.4. The van der Waals surface area contributed by atoms with E-state index in [4.69, 9.17) is 10.9 Å². The largest absolute Gasteiger partial charge is 0.409 e. The van der Waals surface area contributed by atoms with E-state index in [1.54, 1.807) is 10.4 Å². The Bertz CT molecular complexity index is 404. The zero-order valence-electron chi connectivity index (χ0n) is 8.54. The van der Waals surface area contributed by atoms with Crippen LogP contribution in [-0.2, 0) is 0 Å². The van der Waals surface area contributed by atoms with E-state index in [1.807, 2.05) is 0 Å². The molecule has 1 unspecified atom stereocenters. The van der Waals surface area contributed by atoms with Gasteiger partial charge in [0.2, 0.25) is 0 Å². The highest BCUT2D eigenvalue weighted by Crippen LogP contribution is 2.21. The minimum absolute atomic E-state index is 0.0929. The third-order valence-electron chi connectivity index (χ3n) is 2.61. The highest BCUT2D eigenvalue weighted by molar-refractivity contribution is 7.11. The highest BCUT2D eigenvalue weighted by atomic mass is 32.1. The van der Waals surface area contributed by atoms with Gasteiger partial charge < -0.3 is 15.8 Å². The molecular formula is C9H12N4O2S. The summed E-state index contributed by atoms with van der Waals surface area (Å²) in [7, 11) is 0. The molecule has 1 fully saturated rings. The van der Waals surface area contributed by atoms with Crippen LogP contribution in [0.3, 0.4) is 0 Å². The van der Waals surface area contributed by atoms with Crippen LogP contribution in [0.15, 0.2) is 16.9 Å². The Kier molecular flexibility index (Phi) is 3.04. The molecule has 0 radical (unpaired) electrons. The first kappa shape index (κ1) is 10.9. The average Bonchev–Trinajstić information content (AvgIpc) is 2.97. The summed E-state index contributed by atoms with van der Waals surface area (Å²) < 4.78 is 0. The van der Waals surface area contributed by atoms with E-state index in [-0.39, 0.29) is 17.8 Å². The lowest BCUT2D eigenvalue weighted by atomic mass is 10.2. The molecule has 1 aliphatic heterocycles. The van der Waals surface area contributed by atoms with E-state index >= 15 is 0 Å². The van der Waals surface area contributed by atoms with E-state index in [0.29, 0.717) is 11.4 Å². The van der Waals surface area contributed by atoms with Crippen molar-refractivity contribution in [1.29, 1.82) is 0 Å². The summed E-state index contributed by atoms with van der Waals surface area (Å²) >= 11 is 1.29. The quantitative estimate of drug-likeness (QED) is 0.340. The number of nitrogens with zero attached hydrogens (tertiary/aromatic N) is 3. The molecule has 1 aromatic heterocycles. The zero-order chi connectivity index (χ0) is 11.5. The molecule has 0 spiro atoms. The van der Waals surface area contributed by atoms with Gasteiger partial charge in [-0.3, -0.25) is 9.78 Å². The number of likely N-dealkylation sites (tertiary alicyclic amines) is 1. The molecule has 2 heterocycles. The lowest BCUT2D eigenvalue weighted by Gasteiger charge is -2.22. The maximum Gasteiger partial charge on any atom is 0.266 e. The summed E-state index contributed by atoms with van der Waals surface area (Å²) in [6, 6.07) is -0.292. The van der Waals surface area contributed by atoms with Crippen molar-refractivity contribution in [2.45, 2.75) is 18.9 Å². The highest BCUT2D eigenvalue weighted by Gasteiger charge is 2.32. The zero-order valence-corrected chi connectivity index (χ0v) is 9.35. The lowest BCUT2D eigenvalue weighted by molar-refractivity contribution is 0.0772. The number of carbonyl (C=O) groups excluding carboxylic acids is 1. The van der Waals surface area contributed by atoms with Crippen molar-refractivity contribution in [1.82, 2.24) is 9.88 Å². The Hall–Kier alpha value is -1.63. The van der Waals surface area contributed by atoms with Crippen molar-refractivity contribution in [3.8, 4) is 0 Å². The van der Waals surface area contributed by atoms with Crippen molar-refractivity contribution in [3.63, 3.8) is 0 Å². The first-order valence-electron chi connectivity index (χ1n) is 4.91. The maximum absolute atomic E-state index is 12.0. The first-order chi connectivity index (χ1) is 7.74. The summed E-state index contributed by atoms with van der Waals surface area (Å²) in [6.45, 7) is 0.637. The van der Waals surface area contributed by atoms with Gasteiger partial charge >= 0.3 is 0 Å². The van der Waals surface area contributed by atoms with Gasteiger partial charge in [0.1, 0.15) is 4.88 Å². The van der Waals surface area contributed by atoms with Crippen LogP contribution in [0.4, 0.5) is 0 Å². The summed E-state index contributed by atoms with van der Waals surface area (Å²) in [5, 5.41) is 11.6. The number of aromatic nitrogens is 1. The topological polar surface area (TPSA) is 91.8 Å². The molecule has 1 saturated heterocycles. The second-order valence-corrected chi connectivity index (χ2v) is 4.43. The molecular weight excluding hydrogens is 228 g/mol. The standard InChI is InChI=1S/C9H12N4O2S/c10-8(12-15)6-2-1-3-13(6)9(14)7-4-11-5-16-7/h4-6,15H,1-3H2,(H2,10,12). The van der Waals surface area contributed by atoms with Crippen molar-refractivity contribution in [3.05, 3.63) is 16.6 Å². The van der Waals surface area contributed by atoms with E-state index in [2.05, 4.69) is 10.1 Å². The van der Waals surface area contributed by atoms with Crippen LogP contribution < -0.4 is 5.73 Å². The Morgan fingerprint density at radius 2 is 2.56 bits per heavy atom. The van der Waals surface area contributed by atoms with Gasteiger partial charge in [0, 0.05) is 6.54 Å². The van der Waals surface area contributed by atoms with Crippen LogP contribution in [-0.4, -0.2) is 39.4 Å². The number of thiazole rings is 1. The SMILES string of the molecule is NC(=NO)C1CCCN1C(=O)c1cncs1. The Morgan fingerprint density at radius 1 is 1.75 bits per heavy atom. The third kappa shape index (κ3) is 1.85. The lowest BCUT2D eigenvalue weighted by Crippen LogP contribution is -2.43. The van der Waals surface area contributed by atoms with Gasteiger partial charge in [-0.2, -0.15) is 0 Å². The molecule has 0 bridgehead atoms. The third-order valence-corrected chi connectivity index (χ3v) is 3.37. The molecule has 2 rings (SSSR count). The summed E-state index contributed by atoms with van der Waals surface area (Å²) in [6.07, 6.45) is 3.14. The molecule has 16 heavy (non-hydrogen) atoms. The maximum atomic E-state index is 12.0. The molecule has 1 aliphatic rings. The Morgan fingerprint density at radius 3 is 3.19 bits per heavy atom. The molecule has 1 amide bonds. The number of carbonyl (C=O) groups is 1. The first-order valence-corrected chi connectivity index (χ1v) is 5.79. The van der Waals surface area contributed by atoms with E-state index in [1.165, 1.54) is 17.5 Å². The minimum Gasteiger partial charge on any atom is -0.409 e. The molecule has 1 aromatic rings. The smallest absolute Gasteiger partial charge is 0.266 e. The van der Waals surface area contributed by atoms with Crippen LogP contribution in [0.1, 0.15) is 22.5 Å². The predicted octanol–water partition coefficient (Wildman–Crippen LogP) is 0.494. The molecule has 86 valence electrons. The number of nitrogens with two attached hydrogens (primary N) is 1. The fraction of sp³-hybridized carbons (Fsp3) is 0.444. The van der Waals surface area contributed by atoms with Crippen LogP contribution in [0, 0.1) is 0 Å². The number of amides is 1. The number of hydrogen-bond donors (Lipinski definition) is 2. The number of rotatable bonds is 2. The number of amidine groups is 1. The van der Waals surface area contributed by atoms with Gasteiger partial charge in [-0.1, -0.05) is 5.16 Å². The summed E-state index contributed by atoms with van der Waals surface area (Å²) in [4.78, 5) is 18.1. The molecule has 6 nitrogen and oxygen atoms in total. The fourth-order valence-corrected chi connectivity index (χ4v) is 2.42. The van der Waals surface area contributed by atoms with Crippen molar-refractivity contribution >= 4 is 23.1 Å². The van der Waals surface area contributed by atoms with Gasteiger partial charge in [0.15, 0.2) is 5.84 Å². The summed E-state index contributed by atoms with van der Waals surface area (Å²) in [5.74, 6) is -0.00744. The van der Waals surface area contributed by atoms with Crippen molar-refractivity contribution < 1.29 is 10.0 Å².